The molecule has 2 aromatic carbocycles. The molecule has 0 atom stereocenters. The molecular formula is C23H19FN4O4PdS. The van der Waals surface area contributed by atoms with Crippen LogP contribution in [0.25, 0.3) is 16.0 Å². The monoisotopic (exact) mass is 572 g/mol. The van der Waals surface area contributed by atoms with Crippen LogP contribution in [0.3, 0.4) is 0 Å². The molecule has 34 heavy (non-hydrogen) atoms. The number of pyridine rings is 2. The standard InChI is InChI=1S/C18H14N3O4S.C5H5N.FH.Pd/c1-13-6-9-15(10-7-13)26(24,25)20-18-5-3-2-4-16(18)17-11-8-14(12-19-17)21(22)23;1-2-4-6-5-3-1;;/h2-12H,1H3;1-5H;1H;/q-1;;;+2/p-1. The van der Waals surface area contributed by atoms with E-state index in [-0.39, 0.29) is 16.3 Å². The van der Waals surface area contributed by atoms with Crippen molar-refractivity contribution in [3.8, 4) is 11.3 Å². The van der Waals surface area contributed by atoms with Crippen LogP contribution in [0.2, 0.25) is 0 Å². The van der Waals surface area contributed by atoms with Crippen molar-refractivity contribution in [2.24, 2.45) is 0 Å². The third kappa shape index (κ3) is 7.81. The van der Waals surface area contributed by atoms with Crippen LogP contribution < -0.4 is 0 Å². The minimum atomic E-state index is -3.89. The van der Waals surface area contributed by atoms with Crippen LogP contribution in [-0.2, 0) is 29.7 Å². The molecule has 178 valence electrons. The molecular weight excluding hydrogens is 554 g/mol. The Morgan fingerprint density at radius 2 is 1.56 bits per heavy atom. The summed E-state index contributed by atoms with van der Waals surface area (Å²) < 4.78 is 38.4. The maximum Gasteiger partial charge on any atom is 0.0267 e. The molecule has 2 aromatic heterocycles. The van der Waals surface area contributed by atoms with Gasteiger partial charge < -0.3 is 4.72 Å². The minimum Gasteiger partial charge on any atom is -0.265 e. The molecule has 0 spiro atoms. The first-order valence-electron chi connectivity index (χ1n) is 9.58. The van der Waals surface area contributed by atoms with Gasteiger partial charge >= 0.3 is 22.9 Å². The molecule has 0 saturated heterocycles. The molecule has 0 aliphatic heterocycles. The number of hydrogen-bond donors (Lipinski definition) is 0. The molecule has 0 aliphatic rings. The van der Waals surface area contributed by atoms with Crippen molar-refractivity contribution in [2.75, 3.05) is 0 Å². The number of nitrogens with zero attached hydrogens (tertiary/aromatic N) is 4. The van der Waals surface area contributed by atoms with Crippen LogP contribution in [0.1, 0.15) is 5.56 Å². The number of sulfonamides is 1. The maximum absolute atomic E-state index is 12.6. The van der Waals surface area contributed by atoms with Gasteiger partial charge in [0.25, 0.3) is 5.69 Å². The summed E-state index contributed by atoms with van der Waals surface area (Å²) in [4.78, 5) is 18.1. The summed E-state index contributed by atoms with van der Waals surface area (Å²) in [6.45, 7) is 1.86. The fourth-order valence-electron chi connectivity index (χ4n) is 2.63. The smallest absolute Gasteiger partial charge is 0.0267 e. The van der Waals surface area contributed by atoms with Crippen molar-refractivity contribution in [3.05, 3.63) is 118 Å². The summed E-state index contributed by atoms with van der Waals surface area (Å²) in [5, 5.41) is 10.8. The van der Waals surface area contributed by atoms with Crippen LogP contribution in [0, 0.1) is 17.0 Å². The number of aromatic nitrogens is 2. The topological polar surface area (TPSA) is 117 Å². The van der Waals surface area contributed by atoms with Crippen LogP contribution in [0.5, 0.6) is 0 Å². The molecule has 0 fully saturated rings. The van der Waals surface area contributed by atoms with E-state index in [0.29, 0.717) is 11.3 Å². The molecule has 0 bridgehead atoms. The Bertz CT molecular complexity index is 1260. The number of nitro groups is 1. The second kappa shape index (κ2) is 13.3. The van der Waals surface area contributed by atoms with Gasteiger partial charge in [-0.25, -0.2) is 13.4 Å². The van der Waals surface area contributed by atoms with Gasteiger partial charge in [0.05, 0.1) is 15.5 Å². The molecule has 0 saturated carbocycles. The van der Waals surface area contributed by atoms with E-state index in [0.717, 1.165) is 11.8 Å². The Morgan fingerprint density at radius 3 is 2.06 bits per heavy atom. The van der Waals surface area contributed by atoms with E-state index in [9.17, 15) is 21.8 Å². The van der Waals surface area contributed by atoms with Gasteiger partial charge in [-0.15, -0.1) is 5.69 Å². The average Bonchev–Trinajstić information content (AvgIpc) is 2.87. The van der Waals surface area contributed by atoms with Gasteiger partial charge in [-0.1, -0.05) is 48.0 Å². The van der Waals surface area contributed by atoms with E-state index in [2.05, 4.69) is 14.7 Å². The first kappa shape index (κ1) is 26.7. The van der Waals surface area contributed by atoms with Crippen molar-refractivity contribution in [1.29, 1.82) is 0 Å². The number of hydrogen-bond acceptors (Lipinski definition) is 6. The van der Waals surface area contributed by atoms with Crippen molar-refractivity contribution < 1.29 is 36.3 Å². The molecule has 0 N–H and O–H groups in total. The predicted molar refractivity (Wildman–Crippen MR) is 123 cm³/mol. The normalized spacial score (nSPS) is 10.1. The van der Waals surface area contributed by atoms with Crippen molar-refractivity contribution in [3.63, 3.8) is 0 Å². The summed E-state index contributed by atoms with van der Waals surface area (Å²) in [6.07, 6.45) is 4.63. The second-order valence-electron chi connectivity index (χ2n) is 6.58. The molecule has 11 heteroatoms. The van der Waals surface area contributed by atoms with Crippen molar-refractivity contribution in [2.45, 2.75) is 11.8 Å². The minimum absolute atomic E-state index is 0.0922. The third-order valence-corrected chi connectivity index (χ3v) is 5.55. The van der Waals surface area contributed by atoms with Gasteiger partial charge in [0.2, 0.25) is 0 Å². The zero-order chi connectivity index (χ0) is 25.0. The van der Waals surface area contributed by atoms with Gasteiger partial charge in [-0.2, -0.15) is 0 Å². The van der Waals surface area contributed by atoms with E-state index < -0.39 is 14.9 Å². The Balaban J connectivity index is 0.000000437. The van der Waals surface area contributed by atoms with Gasteiger partial charge in [0.1, 0.15) is 16.2 Å². The van der Waals surface area contributed by atoms with Crippen LogP contribution >= 0.6 is 0 Å². The Hall–Kier alpha value is -3.52. The number of aryl methyl sites for hydroxylation is 1. The van der Waals surface area contributed by atoms with Gasteiger partial charge in [0.15, 0.2) is 0 Å². The quantitative estimate of drug-likeness (QED) is 0.168. The molecule has 0 radical (unpaired) electrons. The van der Waals surface area contributed by atoms with Gasteiger partial charge in [0, 0.05) is 18.5 Å². The molecule has 4 aromatic rings. The second-order valence-corrected chi connectivity index (χ2v) is 8.18. The molecule has 8 nitrogen and oxygen atoms in total. The first-order chi connectivity index (χ1) is 16.4. The Kier molecular flexibility index (Phi) is 10.4. The third-order valence-electron chi connectivity index (χ3n) is 4.24. The SMILES string of the molecule is Cc1ccc(S(=O)(=O)[N-]c2ccccc2-c2ccc([N+](=O)[O-])cn2)cc1.[F][Pd+].c1ccncc1. The van der Waals surface area contributed by atoms with Gasteiger partial charge in [-0.3, -0.25) is 15.1 Å². The van der Waals surface area contributed by atoms with Crippen LogP contribution in [-0.4, -0.2) is 23.3 Å². The molecule has 0 unspecified atom stereocenters. The summed E-state index contributed by atoms with van der Waals surface area (Å²) in [5.74, 6) is 0. The fraction of sp³-hybridized carbons (Fsp3) is 0.0435. The number of benzene rings is 2. The van der Waals surface area contributed by atoms with Crippen LogP contribution in [0.15, 0.2) is 102 Å². The number of rotatable bonds is 5. The van der Waals surface area contributed by atoms with Crippen LogP contribution in [0.4, 0.5) is 14.6 Å². The molecule has 2 heterocycles. The molecule has 0 amide bonds. The average molecular weight is 573 g/mol. The summed E-state index contributed by atoms with van der Waals surface area (Å²) in [7, 11) is -3.89. The molecule has 0 aliphatic carbocycles. The Morgan fingerprint density at radius 1 is 0.912 bits per heavy atom. The largest absolute Gasteiger partial charge is 0.265 e. The van der Waals surface area contributed by atoms with E-state index in [4.69, 9.17) is 0 Å². The first-order valence-corrected chi connectivity index (χ1v) is 11.6. The zero-order valence-electron chi connectivity index (χ0n) is 17.8. The van der Waals surface area contributed by atoms with Gasteiger partial charge in [-0.05, 0) is 42.8 Å². The van der Waals surface area contributed by atoms with E-state index >= 15 is 0 Å². The van der Waals surface area contributed by atoms with Crippen molar-refractivity contribution in [1.82, 2.24) is 9.97 Å². The zero-order valence-corrected chi connectivity index (χ0v) is 20.1. The maximum atomic E-state index is 12.6. The summed E-state index contributed by atoms with van der Waals surface area (Å²) in [5.41, 5.74) is 1.89. The Labute approximate surface area is 208 Å². The van der Waals surface area contributed by atoms with E-state index in [1.807, 2.05) is 25.1 Å². The summed E-state index contributed by atoms with van der Waals surface area (Å²) >= 11 is 1.25. The van der Waals surface area contributed by atoms with E-state index in [1.165, 1.54) is 44.0 Å². The number of halogens is 1. The van der Waals surface area contributed by atoms with Crippen molar-refractivity contribution >= 4 is 21.4 Å². The fourth-order valence-corrected chi connectivity index (χ4v) is 3.63. The summed E-state index contributed by atoms with van der Waals surface area (Å²) in [6, 6.07) is 21.5. The predicted octanol–water partition coefficient (Wildman–Crippen LogP) is 5.86. The molecule has 4 rings (SSSR count). The van der Waals surface area contributed by atoms with E-state index in [1.54, 1.807) is 48.8 Å².